The fourth-order valence-corrected chi connectivity index (χ4v) is 1.94. The van der Waals surface area contributed by atoms with Gasteiger partial charge >= 0.3 is 0 Å². The lowest BCUT2D eigenvalue weighted by Crippen LogP contribution is -2.21. The molecule has 2 aromatic rings. The number of carbonyl (C=O) groups excluding carboxylic acids is 2. The summed E-state index contributed by atoms with van der Waals surface area (Å²) in [5.41, 5.74) is 1.31. The van der Waals surface area contributed by atoms with E-state index < -0.39 is 5.97 Å². The Kier molecular flexibility index (Phi) is 5.00. The van der Waals surface area contributed by atoms with Gasteiger partial charge in [0.05, 0.1) is 11.7 Å². The lowest BCUT2D eigenvalue weighted by atomic mass is 10.1. The van der Waals surface area contributed by atoms with E-state index in [0.29, 0.717) is 11.3 Å². The molecule has 0 amide bonds. The second kappa shape index (κ2) is 6.95. The quantitative estimate of drug-likeness (QED) is 0.618. The van der Waals surface area contributed by atoms with Crippen molar-refractivity contribution in [1.29, 1.82) is 0 Å². The Balaban J connectivity index is 1.97. The number of ketones is 1. The van der Waals surface area contributed by atoms with Crippen LogP contribution in [-0.2, 0) is 0 Å². The summed E-state index contributed by atoms with van der Waals surface area (Å²) in [6, 6.07) is 13.1. The summed E-state index contributed by atoms with van der Waals surface area (Å²) < 4.78 is 0.917. The molecule has 0 unspecified atom stereocenters. The average molecular weight is 345 g/mol. The summed E-state index contributed by atoms with van der Waals surface area (Å²) in [5.74, 6) is -1.26. The molecule has 0 fully saturated rings. The minimum Gasteiger partial charge on any atom is -0.545 e. The molecule has 4 nitrogen and oxygen atoms in total. The zero-order valence-electron chi connectivity index (χ0n) is 11.0. The zero-order chi connectivity index (χ0) is 15.2. The summed E-state index contributed by atoms with van der Waals surface area (Å²) in [6.45, 7) is 0. The number of aromatic carboxylic acids is 1. The maximum Gasteiger partial charge on any atom is 0.168 e. The third-order valence-electron chi connectivity index (χ3n) is 2.79. The van der Waals surface area contributed by atoms with E-state index in [1.807, 2.05) is 12.1 Å². The molecule has 0 heterocycles. The van der Waals surface area contributed by atoms with Crippen LogP contribution >= 0.6 is 15.9 Å². The van der Waals surface area contributed by atoms with Gasteiger partial charge in [0.2, 0.25) is 0 Å². The SMILES string of the molecule is O=C([O-])c1ccc(N=CCC(=O)c2ccc(Br)cc2)cc1. The number of aliphatic imine (C=N–C) groups is 1. The van der Waals surface area contributed by atoms with Crippen LogP contribution in [0, 0.1) is 0 Å². The molecule has 0 radical (unpaired) electrons. The molecule has 0 bridgehead atoms. The van der Waals surface area contributed by atoms with Crippen LogP contribution in [0.2, 0.25) is 0 Å². The molecule has 0 aliphatic heterocycles. The second-order valence-corrected chi connectivity index (χ2v) is 5.20. The average Bonchev–Trinajstić information content (AvgIpc) is 2.48. The molecule has 0 N–H and O–H groups in total. The Morgan fingerprint density at radius 3 is 2.14 bits per heavy atom. The van der Waals surface area contributed by atoms with Crippen molar-refractivity contribution in [2.24, 2.45) is 4.99 Å². The van der Waals surface area contributed by atoms with E-state index in [2.05, 4.69) is 20.9 Å². The number of carbonyl (C=O) groups is 2. The molecular formula is C16H11BrNO3-. The van der Waals surface area contributed by atoms with Crippen LogP contribution in [0.3, 0.4) is 0 Å². The van der Waals surface area contributed by atoms with Gasteiger partial charge in [0.15, 0.2) is 5.78 Å². The van der Waals surface area contributed by atoms with Crippen LogP contribution in [0.5, 0.6) is 0 Å². The number of benzene rings is 2. The van der Waals surface area contributed by atoms with Crippen LogP contribution in [0.1, 0.15) is 27.1 Å². The molecule has 2 rings (SSSR count). The van der Waals surface area contributed by atoms with Gasteiger partial charge in [0.1, 0.15) is 0 Å². The van der Waals surface area contributed by atoms with Gasteiger partial charge in [-0.2, -0.15) is 0 Å². The standard InChI is InChI=1S/C16H12BrNO3/c17-13-5-1-11(2-6-13)15(19)9-10-18-14-7-3-12(4-8-14)16(20)21/h1-8,10H,9H2,(H,20,21)/p-1. The third kappa shape index (κ3) is 4.36. The van der Waals surface area contributed by atoms with E-state index in [0.717, 1.165) is 4.47 Å². The van der Waals surface area contributed by atoms with Crippen molar-refractivity contribution < 1.29 is 14.7 Å². The Morgan fingerprint density at radius 1 is 1.00 bits per heavy atom. The molecule has 106 valence electrons. The predicted molar refractivity (Wildman–Crippen MR) is 82.0 cm³/mol. The van der Waals surface area contributed by atoms with Gasteiger partial charge in [0.25, 0.3) is 0 Å². The fourth-order valence-electron chi connectivity index (χ4n) is 1.67. The first-order valence-corrected chi connectivity index (χ1v) is 6.98. The van der Waals surface area contributed by atoms with Crippen molar-refractivity contribution in [2.75, 3.05) is 0 Å². The molecule has 5 heteroatoms. The van der Waals surface area contributed by atoms with Gasteiger partial charge in [-0.25, -0.2) is 0 Å². The van der Waals surface area contributed by atoms with Crippen LogP contribution in [0.25, 0.3) is 0 Å². The molecule has 21 heavy (non-hydrogen) atoms. The number of hydrogen-bond acceptors (Lipinski definition) is 4. The number of carboxylic acids is 1. The van der Waals surface area contributed by atoms with Crippen LogP contribution in [-0.4, -0.2) is 18.0 Å². The van der Waals surface area contributed by atoms with Crippen molar-refractivity contribution in [1.82, 2.24) is 0 Å². The summed E-state index contributed by atoms with van der Waals surface area (Å²) in [5, 5.41) is 10.6. The highest BCUT2D eigenvalue weighted by atomic mass is 79.9. The number of halogens is 1. The third-order valence-corrected chi connectivity index (χ3v) is 3.31. The first kappa shape index (κ1) is 15.1. The minimum atomic E-state index is -1.23. The first-order chi connectivity index (χ1) is 10.1. The van der Waals surface area contributed by atoms with Crippen LogP contribution < -0.4 is 5.11 Å². The largest absolute Gasteiger partial charge is 0.545 e. The van der Waals surface area contributed by atoms with E-state index in [1.54, 1.807) is 24.3 Å². The number of Topliss-reactive ketones (excluding diaryl/α,β-unsaturated/α-hetero) is 1. The maximum absolute atomic E-state index is 11.9. The van der Waals surface area contributed by atoms with E-state index in [4.69, 9.17) is 0 Å². The van der Waals surface area contributed by atoms with Gasteiger partial charge in [0, 0.05) is 22.7 Å². The summed E-state index contributed by atoms with van der Waals surface area (Å²) in [4.78, 5) is 26.6. The monoisotopic (exact) mass is 344 g/mol. The Labute approximate surface area is 130 Å². The van der Waals surface area contributed by atoms with Crippen molar-refractivity contribution in [3.05, 3.63) is 64.1 Å². The van der Waals surface area contributed by atoms with Crippen molar-refractivity contribution in [3.63, 3.8) is 0 Å². The van der Waals surface area contributed by atoms with E-state index in [1.165, 1.54) is 18.3 Å². The predicted octanol–water partition coefficient (Wildman–Crippen LogP) is 2.79. The highest BCUT2D eigenvalue weighted by molar-refractivity contribution is 9.10. The van der Waals surface area contributed by atoms with Crippen LogP contribution in [0.15, 0.2) is 58.0 Å². The lowest BCUT2D eigenvalue weighted by Gasteiger charge is -2.01. The fraction of sp³-hybridized carbons (Fsp3) is 0.0625. The minimum absolute atomic E-state index is 0.0300. The van der Waals surface area contributed by atoms with Gasteiger partial charge in [-0.3, -0.25) is 9.79 Å². The van der Waals surface area contributed by atoms with Gasteiger partial charge in [-0.1, -0.05) is 40.2 Å². The van der Waals surface area contributed by atoms with Crippen molar-refractivity contribution >= 4 is 39.6 Å². The molecular weight excluding hydrogens is 334 g/mol. The van der Waals surface area contributed by atoms with Gasteiger partial charge in [-0.15, -0.1) is 0 Å². The summed E-state index contributed by atoms with van der Waals surface area (Å²) in [6.07, 6.45) is 1.70. The lowest BCUT2D eigenvalue weighted by molar-refractivity contribution is -0.255. The van der Waals surface area contributed by atoms with E-state index >= 15 is 0 Å². The summed E-state index contributed by atoms with van der Waals surface area (Å²) in [7, 11) is 0. The number of hydrogen-bond donors (Lipinski definition) is 0. The zero-order valence-corrected chi connectivity index (χ0v) is 12.5. The smallest absolute Gasteiger partial charge is 0.168 e. The molecule has 0 aromatic heterocycles. The first-order valence-electron chi connectivity index (χ1n) is 6.19. The molecule has 0 saturated carbocycles. The highest BCUT2D eigenvalue weighted by Gasteiger charge is 2.03. The number of carboxylic acid groups (broad SMARTS) is 1. The topological polar surface area (TPSA) is 69.6 Å². The number of nitrogens with zero attached hydrogens (tertiary/aromatic N) is 1. The van der Waals surface area contributed by atoms with E-state index in [-0.39, 0.29) is 17.8 Å². The summed E-state index contributed by atoms with van der Waals surface area (Å²) >= 11 is 3.31. The number of rotatable bonds is 5. The Hall–Kier alpha value is -2.27. The van der Waals surface area contributed by atoms with Gasteiger partial charge in [-0.05, 0) is 29.8 Å². The molecule has 0 atom stereocenters. The van der Waals surface area contributed by atoms with Crippen molar-refractivity contribution in [3.8, 4) is 0 Å². The maximum atomic E-state index is 11.9. The molecule has 0 aliphatic carbocycles. The van der Waals surface area contributed by atoms with Crippen LogP contribution in [0.4, 0.5) is 5.69 Å². The Morgan fingerprint density at radius 2 is 1.57 bits per heavy atom. The molecule has 0 saturated heterocycles. The van der Waals surface area contributed by atoms with Gasteiger partial charge < -0.3 is 9.90 Å². The van der Waals surface area contributed by atoms with E-state index in [9.17, 15) is 14.7 Å². The normalized spacial score (nSPS) is 10.7. The Bertz CT molecular complexity index is 676. The molecule has 2 aromatic carbocycles. The van der Waals surface area contributed by atoms with Crippen molar-refractivity contribution in [2.45, 2.75) is 6.42 Å². The molecule has 0 aliphatic rings. The highest BCUT2D eigenvalue weighted by Crippen LogP contribution is 2.14. The molecule has 0 spiro atoms. The second-order valence-electron chi connectivity index (χ2n) is 4.28.